The first-order valence-corrected chi connectivity index (χ1v) is 13.2. The zero-order chi connectivity index (χ0) is 27.9. The molecule has 0 aromatic heterocycles. The van der Waals surface area contributed by atoms with Crippen molar-refractivity contribution in [1.82, 2.24) is 20.9 Å². The summed E-state index contributed by atoms with van der Waals surface area (Å²) in [7, 11) is 1.53. The smallest absolute Gasteiger partial charge is 0.408 e. The van der Waals surface area contributed by atoms with Crippen LogP contribution in [0.5, 0.6) is 0 Å². The van der Waals surface area contributed by atoms with Gasteiger partial charge in [-0.05, 0) is 36.5 Å². The molecule has 11 nitrogen and oxygen atoms in total. The number of nitrogens with one attached hydrogen (secondary N) is 3. The highest BCUT2D eigenvalue weighted by Crippen LogP contribution is 2.27. The SMILES string of the molecule is CN(CCNC(=O)O)C(=O)CC[C@@H](C=O)NC(=O)[C@H](CC1CCCCC1)NC(=O)OCc1cccc(Cl)c1. The van der Waals surface area contributed by atoms with Crippen molar-refractivity contribution >= 4 is 41.9 Å². The van der Waals surface area contributed by atoms with Crippen LogP contribution >= 0.6 is 11.6 Å². The largest absolute Gasteiger partial charge is 0.465 e. The number of nitrogens with zero attached hydrogens (tertiary/aromatic N) is 1. The molecule has 4 N–H and O–H groups in total. The molecule has 1 aromatic carbocycles. The van der Waals surface area contributed by atoms with Crippen LogP contribution in [0.15, 0.2) is 24.3 Å². The van der Waals surface area contributed by atoms with E-state index in [0.717, 1.165) is 32.1 Å². The lowest BCUT2D eigenvalue weighted by molar-refractivity contribution is -0.131. The minimum Gasteiger partial charge on any atom is -0.465 e. The third-order valence-electron chi connectivity index (χ3n) is 6.47. The Morgan fingerprint density at radius 3 is 2.58 bits per heavy atom. The van der Waals surface area contributed by atoms with Gasteiger partial charge in [0.15, 0.2) is 0 Å². The number of carbonyl (C=O) groups excluding carboxylic acids is 4. The third kappa shape index (κ3) is 11.8. The summed E-state index contributed by atoms with van der Waals surface area (Å²) in [6.45, 7) is 0.236. The summed E-state index contributed by atoms with van der Waals surface area (Å²) in [6, 6.07) is 5.08. The average molecular weight is 553 g/mol. The minimum atomic E-state index is -1.18. The molecule has 0 heterocycles. The van der Waals surface area contributed by atoms with Crippen LogP contribution in [0, 0.1) is 5.92 Å². The molecule has 210 valence electrons. The number of ether oxygens (including phenoxy) is 1. The number of carboxylic acid groups (broad SMARTS) is 1. The number of halogens is 1. The van der Waals surface area contributed by atoms with E-state index in [1.54, 1.807) is 24.3 Å². The maximum atomic E-state index is 13.1. The number of alkyl carbamates (subject to hydrolysis) is 1. The van der Waals surface area contributed by atoms with E-state index in [1.807, 2.05) is 0 Å². The molecule has 4 amide bonds. The van der Waals surface area contributed by atoms with Gasteiger partial charge < -0.3 is 35.5 Å². The summed E-state index contributed by atoms with van der Waals surface area (Å²) < 4.78 is 5.29. The van der Waals surface area contributed by atoms with Crippen LogP contribution in [0.3, 0.4) is 0 Å². The second-order valence-electron chi connectivity index (χ2n) is 9.48. The van der Waals surface area contributed by atoms with Gasteiger partial charge in [0.1, 0.15) is 18.9 Å². The van der Waals surface area contributed by atoms with Crippen molar-refractivity contribution in [1.29, 1.82) is 0 Å². The summed E-state index contributed by atoms with van der Waals surface area (Å²) >= 11 is 5.97. The first-order valence-electron chi connectivity index (χ1n) is 12.8. The van der Waals surface area contributed by atoms with Crippen LogP contribution in [0.25, 0.3) is 0 Å². The van der Waals surface area contributed by atoms with E-state index in [1.165, 1.54) is 11.9 Å². The van der Waals surface area contributed by atoms with Gasteiger partial charge in [-0.25, -0.2) is 9.59 Å². The second-order valence-corrected chi connectivity index (χ2v) is 9.92. The molecule has 1 aliphatic carbocycles. The zero-order valence-electron chi connectivity index (χ0n) is 21.6. The Hall–Kier alpha value is -3.34. The average Bonchev–Trinajstić information content (AvgIpc) is 2.89. The molecule has 0 unspecified atom stereocenters. The van der Waals surface area contributed by atoms with Crippen molar-refractivity contribution in [3.8, 4) is 0 Å². The standard InChI is InChI=1S/C26H37ClN4O7/c1-31(13-12-28-25(35)36)23(33)11-10-21(16-32)29-24(34)22(15-18-6-3-2-4-7-18)30-26(37)38-17-19-8-5-9-20(27)14-19/h5,8-9,14,16,18,21-22,28H,2-4,6-7,10-13,15,17H2,1H3,(H,29,34)(H,30,37)(H,35,36)/t21-,22-/m0/s1. The molecule has 0 spiro atoms. The highest BCUT2D eigenvalue weighted by molar-refractivity contribution is 6.30. The Morgan fingerprint density at radius 1 is 1.18 bits per heavy atom. The van der Waals surface area contributed by atoms with Crippen LogP contribution in [0.4, 0.5) is 9.59 Å². The molecule has 1 aromatic rings. The molecule has 1 aliphatic rings. The predicted octanol–water partition coefficient (Wildman–Crippen LogP) is 3.10. The van der Waals surface area contributed by atoms with Crippen molar-refractivity contribution in [3.63, 3.8) is 0 Å². The molecule has 0 aliphatic heterocycles. The Morgan fingerprint density at radius 2 is 1.92 bits per heavy atom. The van der Waals surface area contributed by atoms with Gasteiger partial charge in [0, 0.05) is 31.6 Å². The molecular formula is C26H37ClN4O7. The lowest BCUT2D eigenvalue weighted by atomic mass is 9.84. The first-order chi connectivity index (χ1) is 18.2. The van der Waals surface area contributed by atoms with Crippen molar-refractivity contribution in [2.45, 2.75) is 70.1 Å². The second kappa shape index (κ2) is 16.5. The number of rotatable bonds is 14. The normalized spacial score (nSPS) is 15.0. The molecule has 1 saturated carbocycles. The molecular weight excluding hydrogens is 516 g/mol. The van der Waals surface area contributed by atoms with E-state index < -0.39 is 30.2 Å². The number of carbonyl (C=O) groups is 5. The maximum Gasteiger partial charge on any atom is 0.408 e. The summed E-state index contributed by atoms with van der Waals surface area (Å²) in [5.74, 6) is -0.546. The maximum absolute atomic E-state index is 13.1. The topological polar surface area (TPSA) is 154 Å². The summed E-state index contributed by atoms with van der Waals surface area (Å²) in [5.41, 5.74) is 0.704. The summed E-state index contributed by atoms with van der Waals surface area (Å²) in [6.07, 6.45) is 4.28. The van der Waals surface area contributed by atoms with Gasteiger partial charge >= 0.3 is 12.2 Å². The lowest BCUT2D eigenvalue weighted by Crippen LogP contribution is -2.51. The van der Waals surface area contributed by atoms with Crippen molar-refractivity contribution in [2.75, 3.05) is 20.1 Å². The van der Waals surface area contributed by atoms with Gasteiger partial charge in [-0.15, -0.1) is 0 Å². The number of hydrogen-bond acceptors (Lipinski definition) is 6. The fraction of sp³-hybridized carbons (Fsp3) is 0.577. The molecule has 0 saturated heterocycles. The Labute approximate surface area is 227 Å². The number of likely N-dealkylation sites (N-methyl/N-ethyl adjacent to an activating group) is 1. The molecule has 12 heteroatoms. The number of amides is 4. The van der Waals surface area contributed by atoms with E-state index in [9.17, 15) is 24.0 Å². The number of aldehydes is 1. The monoisotopic (exact) mass is 552 g/mol. The molecule has 1 fully saturated rings. The Balaban J connectivity index is 1.92. The quantitative estimate of drug-likeness (QED) is 0.258. The van der Waals surface area contributed by atoms with Crippen molar-refractivity contribution in [2.24, 2.45) is 5.92 Å². The van der Waals surface area contributed by atoms with E-state index >= 15 is 0 Å². The van der Waals surface area contributed by atoms with Gasteiger partial charge in [0.05, 0.1) is 6.04 Å². The van der Waals surface area contributed by atoms with Crippen molar-refractivity contribution < 1.29 is 33.8 Å². The third-order valence-corrected chi connectivity index (χ3v) is 6.71. The van der Waals surface area contributed by atoms with Crippen LogP contribution in [-0.4, -0.2) is 72.5 Å². The predicted molar refractivity (Wildman–Crippen MR) is 141 cm³/mol. The van der Waals surface area contributed by atoms with Crippen LogP contribution in [0.1, 0.15) is 56.9 Å². The van der Waals surface area contributed by atoms with Gasteiger partial charge in [-0.2, -0.15) is 0 Å². The fourth-order valence-electron chi connectivity index (χ4n) is 4.33. The Bertz CT molecular complexity index is 955. The molecule has 2 rings (SSSR count). The van der Waals surface area contributed by atoms with Gasteiger partial charge in [0.2, 0.25) is 11.8 Å². The van der Waals surface area contributed by atoms with E-state index in [-0.39, 0.29) is 44.4 Å². The lowest BCUT2D eigenvalue weighted by Gasteiger charge is -2.27. The van der Waals surface area contributed by atoms with E-state index in [2.05, 4.69) is 16.0 Å². The first kappa shape index (κ1) is 30.9. The number of benzene rings is 1. The number of hydrogen-bond donors (Lipinski definition) is 4. The van der Waals surface area contributed by atoms with E-state index in [0.29, 0.717) is 23.3 Å². The molecule has 0 bridgehead atoms. The molecule has 38 heavy (non-hydrogen) atoms. The fourth-order valence-corrected chi connectivity index (χ4v) is 4.54. The van der Waals surface area contributed by atoms with Crippen molar-refractivity contribution in [3.05, 3.63) is 34.9 Å². The zero-order valence-corrected chi connectivity index (χ0v) is 22.4. The minimum absolute atomic E-state index is 0.0151. The Kier molecular flexibility index (Phi) is 13.4. The molecule has 0 radical (unpaired) electrons. The summed E-state index contributed by atoms with van der Waals surface area (Å²) in [4.78, 5) is 61.5. The van der Waals surface area contributed by atoms with Gasteiger partial charge in [0.25, 0.3) is 0 Å². The highest BCUT2D eigenvalue weighted by atomic mass is 35.5. The van der Waals surface area contributed by atoms with Crippen LogP contribution < -0.4 is 16.0 Å². The summed E-state index contributed by atoms with van der Waals surface area (Å²) in [5, 5.41) is 16.6. The van der Waals surface area contributed by atoms with Crippen LogP contribution in [0.2, 0.25) is 5.02 Å². The van der Waals surface area contributed by atoms with Gasteiger partial charge in [-0.1, -0.05) is 55.8 Å². The van der Waals surface area contributed by atoms with Crippen LogP contribution in [-0.2, 0) is 25.7 Å². The van der Waals surface area contributed by atoms with E-state index in [4.69, 9.17) is 21.4 Å². The molecule has 2 atom stereocenters. The highest BCUT2D eigenvalue weighted by Gasteiger charge is 2.28. The van der Waals surface area contributed by atoms with Gasteiger partial charge in [-0.3, -0.25) is 9.59 Å².